The molecule has 5 rings (SSSR count). The summed E-state index contributed by atoms with van der Waals surface area (Å²) in [6.45, 7) is 15.8. The Morgan fingerprint density at radius 2 is 1.10 bits per heavy atom. The van der Waals surface area contributed by atoms with Crippen LogP contribution >= 0.6 is 0 Å². The number of hydrogen-bond donors (Lipinski definition) is 0. The predicted molar refractivity (Wildman–Crippen MR) is 128 cm³/mol. The predicted octanol–water partition coefficient (Wildman–Crippen LogP) is 6.91. The minimum Gasteiger partial charge on any atom is -0.373 e. The lowest BCUT2D eigenvalue weighted by molar-refractivity contribution is 0.330. The van der Waals surface area contributed by atoms with Gasteiger partial charge in [0.15, 0.2) is 0 Å². The lowest BCUT2D eigenvalue weighted by Gasteiger charge is -2.34. The molecule has 0 N–H and O–H groups in total. The van der Waals surface area contributed by atoms with Crippen molar-refractivity contribution in [2.45, 2.75) is 95.7 Å². The van der Waals surface area contributed by atoms with E-state index in [1.807, 2.05) is 0 Å². The van der Waals surface area contributed by atoms with Gasteiger partial charge >= 0.3 is 0 Å². The summed E-state index contributed by atoms with van der Waals surface area (Å²) in [5.41, 5.74) is 9.19. The molecule has 2 aromatic carbocycles. The first kappa shape index (κ1) is 21.2. The number of fused-ring (bicyclic) bond motifs is 3. The largest absolute Gasteiger partial charge is 0.373 e. The average molecular weight is 419 g/mol. The van der Waals surface area contributed by atoms with Crippen LogP contribution in [0.5, 0.6) is 0 Å². The standard InChI is InChI=1S/C29H38O2/c1-27(2,3)19-7-9-23-24-10-8-20(28(4,5)6)16-26(24)29(25(23)15-19,13-11-21-17-30-21)14-12-22-18-31-22/h7-10,15-16,21-22H,11-14,17-18H2,1-6H3. The Labute approximate surface area is 188 Å². The maximum Gasteiger partial charge on any atom is 0.0810 e. The van der Waals surface area contributed by atoms with Crippen LogP contribution in [0.15, 0.2) is 36.4 Å². The summed E-state index contributed by atoms with van der Waals surface area (Å²) in [5.74, 6) is 0. The normalized spacial score (nSPS) is 23.4. The molecule has 0 amide bonds. The van der Waals surface area contributed by atoms with Gasteiger partial charge in [-0.15, -0.1) is 0 Å². The molecule has 0 radical (unpaired) electrons. The van der Waals surface area contributed by atoms with Crippen LogP contribution in [0.25, 0.3) is 11.1 Å². The molecule has 2 aliphatic heterocycles. The number of epoxide rings is 2. The van der Waals surface area contributed by atoms with Gasteiger partial charge in [-0.3, -0.25) is 0 Å². The number of rotatable bonds is 6. The van der Waals surface area contributed by atoms with E-state index in [1.165, 1.54) is 22.3 Å². The van der Waals surface area contributed by atoms with Gasteiger partial charge in [0.1, 0.15) is 0 Å². The Bertz CT molecular complexity index is 899. The van der Waals surface area contributed by atoms with Gasteiger partial charge in [0.05, 0.1) is 25.4 Å². The van der Waals surface area contributed by atoms with Gasteiger partial charge in [0.2, 0.25) is 0 Å². The van der Waals surface area contributed by atoms with E-state index < -0.39 is 0 Å². The van der Waals surface area contributed by atoms with Crippen LogP contribution in [0.1, 0.15) is 89.5 Å². The molecule has 31 heavy (non-hydrogen) atoms. The molecule has 2 fully saturated rings. The highest BCUT2D eigenvalue weighted by Gasteiger charge is 2.45. The van der Waals surface area contributed by atoms with E-state index in [4.69, 9.17) is 9.47 Å². The van der Waals surface area contributed by atoms with Crippen LogP contribution < -0.4 is 0 Å². The summed E-state index contributed by atoms with van der Waals surface area (Å²) < 4.78 is 11.3. The zero-order valence-corrected chi connectivity index (χ0v) is 20.2. The zero-order chi connectivity index (χ0) is 22.0. The molecular weight excluding hydrogens is 380 g/mol. The number of benzene rings is 2. The molecule has 0 bridgehead atoms. The lowest BCUT2D eigenvalue weighted by Crippen LogP contribution is -2.28. The Morgan fingerprint density at radius 3 is 1.42 bits per heavy atom. The van der Waals surface area contributed by atoms with Crippen molar-refractivity contribution in [2.24, 2.45) is 0 Å². The summed E-state index contributed by atoms with van der Waals surface area (Å²) in [7, 11) is 0. The van der Waals surface area contributed by atoms with Crippen LogP contribution in [-0.2, 0) is 25.7 Å². The van der Waals surface area contributed by atoms with Crippen LogP contribution in [0.2, 0.25) is 0 Å². The second kappa shape index (κ2) is 7.18. The second-order valence-electron chi connectivity index (χ2n) is 12.1. The monoisotopic (exact) mass is 418 g/mol. The second-order valence-corrected chi connectivity index (χ2v) is 12.1. The first-order valence-corrected chi connectivity index (χ1v) is 12.1. The maximum atomic E-state index is 5.66. The summed E-state index contributed by atoms with van der Waals surface area (Å²) in [6.07, 6.45) is 5.52. The molecule has 166 valence electrons. The third-order valence-electron chi connectivity index (χ3n) is 7.68. The van der Waals surface area contributed by atoms with E-state index in [1.54, 1.807) is 11.1 Å². The van der Waals surface area contributed by atoms with Crippen LogP contribution in [0.3, 0.4) is 0 Å². The fourth-order valence-electron chi connectivity index (χ4n) is 5.38. The van der Waals surface area contributed by atoms with Crippen molar-refractivity contribution in [3.63, 3.8) is 0 Å². The van der Waals surface area contributed by atoms with Gasteiger partial charge in [0, 0.05) is 5.41 Å². The van der Waals surface area contributed by atoms with E-state index in [0.29, 0.717) is 12.2 Å². The first-order valence-electron chi connectivity index (χ1n) is 12.1. The molecule has 2 atom stereocenters. The quantitative estimate of drug-likeness (QED) is 0.476. The van der Waals surface area contributed by atoms with Crippen molar-refractivity contribution in [1.29, 1.82) is 0 Å². The van der Waals surface area contributed by atoms with E-state index in [2.05, 4.69) is 77.9 Å². The van der Waals surface area contributed by atoms with Crippen molar-refractivity contribution in [1.82, 2.24) is 0 Å². The van der Waals surface area contributed by atoms with Gasteiger partial charge in [-0.1, -0.05) is 77.9 Å². The highest BCUT2D eigenvalue weighted by atomic mass is 16.6. The van der Waals surface area contributed by atoms with Crippen molar-refractivity contribution in [2.75, 3.05) is 13.2 Å². The maximum absolute atomic E-state index is 5.66. The van der Waals surface area contributed by atoms with Gasteiger partial charge < -0.3 is 9.47 Å². The SMILES string of the molecule is CC(C)(C)c1ccc2c(c1)C(CCC1CO1)(CCC1CO1)c1cc(C(C)(C)C)ccc1-2. The Morgan fingerprint density at radius 1 is 0.710 bits per heavy atom. The Kier molecular flexibility index (Phi) is 4.92. The third-order valence-corrected chi connectivity index (χ3v) is 7.68. The fourth-order valence-corrected chi connectivity index (χ4v) is 5.38. The van der Waals surface area contributed by atoms with E-state index in [9.17, 15) is 0 Å². The number of ether oxygens (including phenoxy) is 2. The van der Waals surface area contributed by atoms with Crippen LogP contribution in [-0.4, -0.2) is 25.4 Å². The molecule has 2 heteroatoms. The molecule has 0 spiro atoms. The molecule has 1 aliphatic carbocycles. The van der Waals surface area contributed by atoms with E-state index >= 15 is 0 Å². The van der Waals surface area contributed by atoms with Crippen LogP contribution in [0.4, 0.5) is 0 Å². The van der Waals surface area contributed by atoms with Crippen molar-refractivity contribution >= 4 is 0 Å². The molecule has 2 nitrogen and oxygen atoms in total. The molecule has 2 unspecified atom stereocenters. The summed E-state index contributed by atoms with van der Waals surface area (Å²) in [5, 5.41) is 0. The Hall–Kier alpha value is -1.64. The van der Waals surface area contributed by atoms with Gasteiger partial charge in [-0.2, -0.15) is 0 Å². The van der Waals surface area contributed by atoms with Gasteiger partial charge in [0.25, 0.3) is 0 Å². The topological polar surface area (TPSA) is 25.1 Å². The minimum atomic E-state index is 0.0606. The molecule has 2 heterocycles. The van der Waals surface area contributed by atoms with Crippen molar-refractivity contribution in [3.8, 4) is 11.1 Å². The smallest absolute Gasteiger partial charge is 0.0810 e. The highest BCUT2D eigenvalue weighted by Crippen LogP contribution is 2.56. The van der Waals surface area contributed by atoms with Crippen molar-refractivity contribution in [3.05, 3.63) is 58.7 Å². The highest BCUT2D eigenvalue weighted by molar-refractivity contribution is 5.82. The molecule has 0 aromatic heterocycles. The Balaban J connectivity index is 1.68. The summed E-state index contributed by atoms with van der Waals surface area (Å²) >= 11 is 0. The zero-order valence-electron chi connectivity index (χ0n) is 20.2. The molecule has 3 aliphatic rings. The minimum absolute atomic E-state index is 0.0606. The fraction of sp³-hybridized carbons (Fsp3) is 0.586. The van der Waals surface area contributed by atoms with Gasteiger partial charge in [-0.05, 0) is 69.9 Å². The first-order chi connectivity index (χ1) is 14.6. The molecule has 0 saturated carbocycles. The van der Waals surface area contributed by atoms with E-state index in [-0.39, 0.29) is 16.2 Å². The average Bonchev–Trinajstić information content (AvgIpc) is 3.62. The van der Waals surface area contributed by atoms with Gasteiger partial charge in [-0.25, -0.2) is 0 Å². The summed E-state index contributed by atoms with van der Waals surface area (Å²) in [6, 6.07) is 14.6. The van der Waals surface area contributed by atoms with Crippen molar-refractivity contribution < 1.29 is 9.47 Å². The number of hydrogen-bond acceptors (Lipinski definition) is 2. The summed E-state index contributed by atoms with van der Waals surface area (Å²) in [4.78, 5) is 0. The third kappa shape index (κ3) is 3.98. The molecular formula is C29H38O2. The molecule has 2 saturated heterocycles. The molecule has 2 aromatic rings. The van der Waals surface area contributed by atoms with Crippen LogP contribution in [0, 0.1) is 0 Å². The lowest BCUT2D eigenvalue weighted by atomic mass is 9.69. The van der Waals surface area contributed by atoms with E-state index in [0.717, 1.165) is 38.9 Å².